The number of likely N-dealkylation sites (tertiary alicyclic amines) is 1. The van der Waals surface area contributed by atoms with E-state index in [1.54, 1.807) is 16.5 Å². The average molecular weight is 420 g/mol. The molecule has 0 unspecified atom stereocenters. The molecule has 1 saturated heterocycles. The van der Waals surface area contributed by atoms with Crippen molar-refractivity contribution in [3.63, 3.8) is 0 Å². The van der Waals surface area contributed by atoms with Crippen molar-refractivity contribution in [2.24, 2.45) is 5.92 Å². The molecule has 1 atom stereocenters. The molecule has 8 nitrogen and oxygen atoms in total. The average Bonchev–Trinajstić information content (AvgIpc) is 3.10. The number of hydrogen-bond acceptors (Lipinski definition) is 5. The van der Waals surface area contributed by atoms with Crippen LogP contribution in [0, 0.1) is 12.8 Å². The number of aromatic amines is 1. The first-order valence-electron chi connectivity index (χ1n) is 9.49. The third kappa shape index (κ3) is 3.91. The summed E-state index contributed by atoms with van der Waals surface area (Å²) in [6.45, 7) is 3.07. The fraction of sp³-hybridized carbons (Fsp3) is 0.421. The van der Waals surface area contributed by atoms with E-state index in [-0.39, 0.29) is 28.5 Å². The summed E-state index contributed by atoms with van der Waals surface area (Å²) in [4.78, 5) is 33.2. The molecule has 0 aliphatic carbocycles. The van der Waals surface area contributed by atoms with Crippen LogP contribution in [-0.2, 0) is 12.7 Å². The van der Waals surface area contributed by atoms with Crippen LogP contribution in [0.3, 0.4) is 0 Å². The van der Waals surface area contributed by atoms with E-state index in [1.807, 2.05) is 0 Å². The minimum atomic E-state index is -4.44. The molecule has 0 bridgehead atoms. The van der Waals surface area contributed by atoms with Crippen molar-refractivity contribution >= 4 is 17.1 Å². The summed E-state index contributed by atoms with van der Waals surface area (Å²) in [5, 5.41) is 7.92. The molecule has 11 heteroatoms. The minimum absolute atomic E-state index is 0.0587. The zero-order valence-corrected chi connectivity index (χ0v) is 16.1. The van der Waals surface area contributed by atoms with Crippen LogP contribution in [-0.4, -0.2) is 48.9 Å². The third-order valence-electron chi connectivity index (χ3n) is 5.19. The number of carbonyl (C=O) groups excluding carboxylic acids is 1. The number of carbonyl (C=O) groups is 1. The molecule has 1 amide bonds. The normalized spacial score (nSPS) is 17.5. The molecule has 1 fully saturated rings. The molecule has 1 aliphatic heterocycles. The molecular formula is C19H19F3N6O2. The maximum atomic E-state index is 12.8. The molecule has 0 saturated carbocycles. The molecule has 158 valence electrons. The van der Waals surface area contributed by atoms with E-state index >= 15 is 0 Å². The van der Waals surface area contributed by atoms with Gasteiger partial charge in [0.2, 0.25) is 0 Å². The topological polar surface area (TPSA) is 96.8 Å². The Bertz CT molecular complexity index is 1140. The highest BCUT2D eigenvalue weighted by Crippen LogP contribution is 2.29. The van der Waals surface area contributed by atoms with Crippen LogP contribution in [0.5, 0.6) is 0 Å². The lowest BCUT2D eigenvalue weighted by atomic mass is 9.97. The van der Waals surface area contributed by atoms with Crippen molar-refractivity contribution in [3.05, 3.63) is 51.6 Å². The fourth-order valence-electron chi connectivity index (χ4n) is 3.73. The molecule has 0 spiro atoms. The van der Waals surface area contributed by atoms with Crippen LogP contribution < -0.4 is 5.56 Å². The first kappa shape index (κ1) is 20.0. The highest BCUT2D eigenvalue weighted by Gasteiger charge is 2.31. The molecular weight excluding hydrogens is 401 g/mol. The molecule has 1 N–H and O–H groups in total. The van der Waals surface area contributed by atoms with Crippen molar-refractivity contribution in [3.8, 4) is 0 Å². The number of rotatable bonds is 3. The van der Waals surface area contributed by atoms with Gasteiger partial charge in [-0.15, -0.1) is 5.10 Å². The van der Waals surface area contributed by atoms with Crippen LogP contribution in [0.4, 0.5) is 13.2 Å². The summed E-state index contributed by atoms with van der Waals surface area (Å²) in [5.74, 6) is 0.213. The molecule has 2 aromatic heterocycles. The minimum Gasteiger partial charge on any atom is -0.338 e. The monoisotopic (exact) mass is 420 g/mol. The summed E-state index contributed by atoms with van der Waals surface area (Å²) < 4.78 is 39.8. The summed E-state index contributed by atoms with van der Waals surface area (Å²) in [5.41, 5.74) is -0.367. The van der Waals surface area contributed by atoms with E-state index in [0.29, 0.717) is 31.1 Å². The van der Waals surface area contributed by atoms with Crippen molar-refractivity contribution in [1.82, 2.24) is 29.9 Å². The number of H-pyrrole nitrogens is 1. The van der Waals surface area contributed by atoms with E-state index in [1.165, 1.54) is 12.1 Å². The second-order valence-electron chi connectivity index (χ2n) is 7.43. The van der Waals surface area contributed by atoms with E-state index in [0.717, 1.165) is 25.0 Å². The smallest absolute Gasteiger partial charge is 0.338 e. The predicted molar refractivity (Wildman–Crippen MR) is 101 cm³/mol. The Kier molecular flexibility index (Phi) is 5.04. The number of halogens is 3. The maximum Gasteiger partial charge on any atom is 0.416 e. The molecule has 0 radical (unpaired) electrons. The second-order valence-corrected chi connectivity index (χ2v) is 7.43. The van der Waals surface area contributed by atoms with E-state index in [9.17, 15) is 22.8 Å². The van der Waals surface area contributed by atoms with Gasteiger partial charge in [-0.25, -0.2) is 9.67 Å². The Balaban J connectivity index is 1.48. The van der Waals surface area contributed by atoms with E-state index < -0.39 is 11.7 Å². The Labute approximate surface area is 168 Å². The van der Waals surface area contributed by atoms with Crippen molar-refractivity contribution < 1.29 is 18.0 Å². The second kappa shape index (κ2) is 7.54. The molecule has 30 heavy (non-hydrogen) atoms. The number of amides is 1. The quantitative estimate of drug-likeness (QED) is 0.702. The largest absolute Gasteiger partial charge is 0.416 e. The third-order valence-corrected chi connectivity index (χ3v) is 5.19. The van der Waals surface area contributed by atoms with Crippen LogP contribution >= 0.6 is 0 Å². The number of benzene rings is 1. The summed E-state index contributed by atoms with van der Waals surface area (Å²) in [6.07, 6.45) is -2.83. The van der Waals surface area contributed by atoms with Gasteiger partial charge in [-0.2, -0.15) is 13.2 Å². The molecule has 1 aromatic carbocycles. The van der Waals surface area contributed by atoms with E-state index in [2.05, 4.69) is 20.3 Å². The number of fused-ring (bicyclic) bond motifs is 1. The maximum absolute atomic E-state index is 12.8. The molecule has 3 aromatic rings. The first-order valence-corrected chi connectivity index (χ1v) is 9.49. The molecule has 3 heterocycles. The van der Waals surface area contributed by atoms with Gasteiger partial charge in [-0.1, -0.05) is 5.21 Å². The zero-order valence-electron chi connectivity index (χ0n) is 16.1. The number of hydrogen-bond donors (Lipinski definition) is 1. The fourth-order valence-corrected chi connectivity index (χ4v) is 3.73. The highest BCUT2D eigenvalue weighted by atomic mass is 19.4. The highest BCUT2D eigenvalue weighted by molar-refractivity contribution is 5.94. The van der Waals surface area contributed by atoms with Crippen LogP contribution in [0.25, 0.3) is 11.2 Å². The number of aryl methyl sites for hydroxylation is 1. The van der Waals surface area contributed by atoms with Gasteiger partial charge < -0.3 is 9.88 Å². The van der Waals surface area contributed by atoms with Gasteiger partial charge in [-0.05, 0) is 49.9 Å². The lowest BCUT2D eigenvalue weighted by Crippen LogP contribution is -2.41. The van der Waals surface area contributed by atoms with Gasteiger partial charge >= 0.3 is 6.18 Å². The SMILES string of the molecule is Cc1nc2c(nnn2C[C@H]2CCCN(C(=O)c3ccc(C(F)(F)F)cc3)C2)c(=O)[nH]1. The van der Waals surface area contributed by atoms with Crippen molar-refractivity contribution in [2.45, 2.75) is 32.5 Å². The number of piperidine rings is 1. The van der Waals surface area contributed by atoms with Gasteiger partial charge in [0.15, 0.2) is 11.2 Å². The summed E-state index contributed by atoms with van der Waals surface area (Å²) in [6, 6.07) is 4.25. The van der Waals surface area contributed by atoms with E-state index in [4.69, 9.17) is 0 Å². The van der Waals surface area contributed by atoms with Crippen LogP contribution in [0.15, 0.2) is 29.1 Å². The van der Waals surface area contributed by atoms with Gasteiger partial charge in [0.1, 0.15) is 5.82 Å². The lowest BCUT2D eigenvalue weighted by Gasteiger charge is -2.32. The first-order chi connectivity index (χ1) is 14.2. The summed E-state index contributed by atoms with van der Waals surface area (Å²) >= 11 is 0. The van der Waals surface area contributed by atoms with Gasteiger partial charge in [-0.3, -0.25) is 9.59 Å². The molecule has 4 rings (SSSR count). The Morgan fingerprint density at radius 2 is 2.00 bits per heavy atom. The van der Waals surface area contributed by atoms with Crippen LogP contribution in [0.1, 0.15) is 34.6 Å². The predicted octanol–water partition coefficient (Wildman–Crippen LogP) is 2.39. The van der Waals surface area contributed by atoms with Crippen molar-refractivity contribution in [2.75, 3.05) is 13.1 Å². The Morgan fingerprint density at radius 1 is 1.27 bits per heavy atom. The number of alkyl halides is 3. The van der Waals surface area contributed by atoms with Crippen LogP contribution in [0.2, 0.25) is 0 Å². The Morgan fingerprint density at radius 3 is 2.70 bits per heavy atom. The molecule has 1 aliphatic rings. The number of nitrogens with one attached hydrogen (secondary N) is 1. The zero-order chi connectivity index (χ0) is 21.5. The number of aromatic nitrogens is 5. The van der Waals surface area contributed by atoms with Crippen molar-refractivity contribution in [1.29, 1.82) is 0 Å². The van der Waals surface area contributed by atoms with Gasteiger partial charge in [0, 0.05) is 25.2 Å². The Hall–Kier alpha value is -3.24. The summed E-state index contributed by atoms with van der Waals surface area (Å²) in [7, 11) is 0. The number of nitrogens with zero attached hydrogens (tertiary/aromatic N) is 5. The lowest BCUT2D eigenvalue weighted by molar-refractivity contribution is -0.137. The standard InChI is InChI=1S/C19H19F3N6O2/c1-11-23-16-15(17(29)24-11)25-26-28(16)10-12-3-2-8-27(9-12)18(30)13-4-6-14(7-5-13)19(20,21)22/h4-7,12H,2-3,8-10H2,1H3,(H,23,24,29)/t12-/m0/s1. The van der Waals surface area contributed by atoms with Gasteiger partial charge in [0.05, 0.1) is 5.56 Å². The van der Waals surface area contributed by atoms with Gasteiger partial charge in [0.25, 0.3) is 11.5 Å².